The Labute approximate surface area is 128 Å². The molecule has 108 valence electrons. The minimum absolute atomic E-state index is 0.260. The molecule has 0 radical (unpaired) electrons. The Morgan fingerprint density at radius 3 is 2.60 bits per heavy atom. The van der Waals surface area contributed by atoms with Gasteiger partial charge < -0.3 is 9.36 Å². The molecule has 0 spiro atoms. The first-order valence-electron chi connectivity index (χ1n) is 6.80. The number of imidazole rings is 1. The van der Waals surface area contributed by atoms with E-state index in [9.17, 15) is 4.79 Å². The van der Waals surface area contributed by atoms with Crippen LogP contribution >= 0.6 is 23.2 Å². The van der Waals surface area contributed by atoms with Crippen molar-refractivity contribution in [2.45, 2.75) is 46.1 Å². The van der Waals surface area contributed by atoms with Crippen LogP contribution in [0.1, 0.15) is 38.4 Å². The third-order valence-corrected chi connectivity index (χ3v) is 4.11. The minimum Gasteiger partial charge on any atom is -0.328 e. The van der Waals surface area contributed by atoms with Crippen molar-refractivity contribution in [2.24, 2.45) is 0 Å². The summed E-state index contributed by atoms with van der Waals surface area (Å²) in [6, 6.07) is 3.67. The number of Topliss-reactive ketones (excluding diaryl/α,β-unsaturated/α-hetero) is 1. The topological polar surface area (TPSA) is 34.9 Å². The quantitative estimate of drug-likeness (QED) is 0.718. The van der Waals surface area contributed by atoms with Gasteiger partial charge in [-0.05, 0) is 38.8 Å². The zero-order valence-corrected chi connectivity index (χ0v) is 13.3. The molecule has 0 amide bonds. The first-order valence-corrected chi connectivity index (χ1v) is 7.56. The van der Waals surface area contributed by atoms with Gasteiger partial charge in [0.2, 0.25) is 0 Å². The Morgan fingerprint density at radius 2 is 1.90 bits per heavy atom. The molecular formula is C15H18Cl2N2O. The van der Waals surface area contributed by atoms with Gasteiger partial charge in [-0.2, -0.15) is 0 Å². The number of halogens is 2. The second-order valence-electron chi connectivity index (χ2n) is 5.08. The van der Waals surface area contributed by atoms with Crippen molar-refractivity contribution in [3.63, 3.8) is 0 Å². The van der Waals surface area contributed by atoms with Crippen LogP contribution in [-0.2, 0) is 11.3 Å². The molecule has 1 aromatic heterocycles. The van der Waals surface area contributed by atoms with E-state index < -0.39 is 0 Å². The summed E-state index contributed by atoms with van der Waals surface area (Å²) >= 11 is 12.1. The fourth-order valence-corrected chi connectivity index (χ4v) is 2.66. The summed E-state index contributed by atoms with van der Waals surface area (Å²) < 4.78 is 2.16. The standard InChI is InChI=1S/C15H18Cl2N2O/c1-10(20)6-4-3-5-7-19-11(2)18-14-8-12(16)13(17)9-15(14)19/h8-9H,3-7H2,1-2H3. The van der Waals surface area contributed by atoms with E-state index in [1.165, 1.54) is 0 Å². The fourth-order valence-electron chi connectivity index (χ4n) is 2.34. The third kappa shape index (κ3) is 3.53. The predicted octanol–water partition coefficient (Wildman–Crippen LogP) is 4.80. The molecule has 0 unspecified atom stereocenters. The van der Waals surface area contributed by atoms with Crippen molar-refractivity contribution in [3.05, 3.63) is 28.0 Å². The van der Waals surface area contributed by atoms with E-state index in [0.717, 1.165) is 42.7 Å². The molecule has 3 nitrogen and oxygen atoms in total. The zero-order chi connectivity index (χ0) is 14.7. The number of aromatic nitrogens is 2. The highest BCUT2D eigenvalue weighted by atomic mass is 35.5. The van der Waals surface area contributed by atoms with Gasteiger partial charge >= 0.3 is 0 Å². The lowest BCUT2D eigenvalue weighted by atomic mass is 10.1. The molecule has 0 bridgehead atoms. The lowest BCUT2D eigenvalue weighted by Crippen LogP contribution is -2.01. The zero-order valence-electron chi connectivity index (χ0n) is 11.7. The van der Waals surface area contributed by atoms with Gasteiger partial charge in [-0.15, -0.1) is 0 Å². The molecular weight excluding hydrogens is 295 g/mol. The van der Waals surface area contributed by atoms with Crippen molar-refractivity contribution in [3.8, 4) is 0 Å². The van der Waals surface area contributed by atoms with E-state index in [2.05, 4.69) is 9.55 Å². The third-order valence-electron chi connectivity index (χ3n) is 3.39. The summed E-state index contributed by atoms with van der Waals surface area (Å²) in [6.45, 7) is 4.51. The molecule has 2 rings (SSSR count). The second kappa shape index (κ2) is 6.59. The molecule has 2 aromatic rings. The molecule has 0 aliphatic carbocycles. The number of aryl methyl sites for hydroxylation is 2. The van der Waals surface area contributed by atoms with Crippen LogP contribution in [0.15, 0.2) is 12.1 Å². The number of nitrogens with zero attached hydrogens (tertiary/aromatic N) is 2. The number of benzene rings is 1. The summed E-state index contributed by atoms with van der Waals surface area (Å²) in [6.07, 6.45) is 3.69. The summed E-state index contributed by atoms with van der Waals surface area (Å²) in [5.41, 5.74) is 1.89. The number of fused-ring (bicyclic) bond motifs is 1. The smallest absolute Gasteiger partial charge is 0.129 e. The largest absolute Gasteiger partial charge is 0.328 e. The number of carbonyl (C=O) groups is 1. The SMILES string of the molecule is CC(=O)CCCCCn1c(C)nc2cc(Cl)c(Cl)cc21. The van der Waals surface area contributed by atoms with Crippen molar-refractivity contribution in [1.82, 2.24) is 9.55 Å². The summed E-state index contributed by atoms with van der Waals surface area (Å²) in [4.78, 5) is 15.4. The Kier molecular flexibility index (Phi) is 5.06. The van der Waals surface area contributed by atoms with Crippen LogP contribution in [0.3, 0.4) is 0 Å². The monoisotopic (exact) mass is 312 g/mol. The average Bonchev–Trinajstić information content (AvgIpc) is 2.65. The van der Waals surface area contributed by atoms with E-state index >= 15 is 0 Å². The second-order valence-corrected chi connectivity index (χ2v) is 5.89. The van der Waals surface area contributed by atoms with Crippen molar-refractivity contribution < 1.29 is 4.79 Å². The molecule has 20 heavy (non-hydrogen) atoms. The van der Waals surface area contributed by atoms with E-state index in [1.54, 1.807) is 13.0 Å². The summed E-state index contributed by atoms with van der Waals surface area (Å²) in [5.74, 6) is 1.22. The van der Waals surface area contributed by atoms with E-state index in [0.29, 0.717) is 16.5 Å². The van der Waals surface area contributed by atoms with E-state index in [1.807, 2.05) is 13.0 Å². The number of hydrogen-bond donors (Lipinski definition) is 0. The predicted molar refractivity (Wildman–Crippen MR) is 83.6 cm³/mol. The van der Waals surface area contributed by atoms with Gasteiger partial charge in [0.25, 0.3) is 0 Å². The van der Waals surface area contributed by atoms with Crippen molar-refractivity contribution in [1.29, 1.82) is 0 Å². The molecule has 1 aromatic carbocycles. The highest BCUT2D eigenvalue weighted by molar-refractivity contribution is 6.42. The summed E-state index contributed by atoms with van der Waals surface area (Å²) in [7, 11) is 0. The maximum Gasteiger partial charge on any atom is 0.129 e. The van der Waals surface area contributed by atoms with Crippen molar-refractivity contribution in [2.75, 3.05) is 0 Å². The van der Waals surface area contributed by atoms with Crippen LogP contribution in [0.2, 0.25) is 10.0 Å². The number of carbonyl (C=O) groups excluding carboxylic acids is 1. The number of hydrogen-bond acceptors (Lipinski definition) is 2. The van der Waals surface area contributed by atoms with Crippen LogP contribution in [-0.4, -0.2) is 15.3 Å². The molecule has 1 heterocycles. The molecule has 0 fully saturated rings. The van der Waals surface area contributed by atoms with E-state index in [-0.39, 0.29) is 5.78 Å². The van der Waals surface area contributed by atoms with E-state index in [4.69, 9.17) is 23.2 Å². The molecule has 0 atom stereocenters. The van der Waals surface area contributed by atoms with Gasteiger partial charge in [-0.3, -0.25) is 0 Å². The molecule has 0 N–H and O–H groups in total. The van der Waals surface area contributed by atoms with Gasteiger partial charge in [-0.1, -0.05) is 29.6 Å². The Morgan fingerprint density at radius 1 is 1.20 bits per heavy atom. The van der Waals surface area contributed by atoms with Crippen LogP contribution in [0.4, 0.5) is 0 Å². The van der Waals surface area contributed by atoms with Crippen LogP contribution in [0.25, 0.3) is 11.0 Å². The molecule has 0 saturated carbocycles. The first kappa shape index (κ1) is 15.3. The fraction of sp³-hybridized carbons (Fsp3) is 0.467. The Bertz CT molecular complexity index is 634. The minimum atomic E-state index is 0.260. The maximum absolute atomic E-state index is 10.9. The van der Waals surface area contributed by atoms with Gasteiger partial charge in [0.1, 0.15) is 11.6 Å². The molecule has 0 aliphatic rings. The van der Waals surface area contributed by atoms with Gasteiger partial charge in [0, 0.05) is 13.0 Å². The van der Waals surface area contributed by atoms with Gasteiger partial charge in [0.15, 0.2) is 0 Å². The lowest BCUT2D eigenvalue weighted by molar-refractivity contribution is -0.117. The van der Waals surface area contributed by atoms with Crippen LogP contribution < -0.4 is 0 Å². The van der Waals surface area contributed by atoms with Gasteiger partial charge in [-0.25, -0.2) is 4.98 Å². The number of unbranched alkanes of at least 4 members (excludes halogenated alkanes) is 2. The average molecular weight is 313 g/mol. The Hall–Kier alpha value is -1.06. The summed E-state index contributed by atoms with van der Waals surface area (Å²) in [5, 5.41) is 1.09. The number of ketones is 1. The normalized spacial score (nSPS) is 11.2. The highest BCUT2D eigenvalue weighted by Crippen LogP contribution is 2.28. The molecule has 0 saturated heterocycles. The van der Waals surface area contributed by atoms with Crippen LogP contribution in [0.5, 0.6) is 0 Å². The highest BCUT2D eigenvalue weighted by Gasteiger charge is 2.10. The van der Waals surface area contributed by atoms with Gasteiger partial charge in [0.05, 0.1) is 21.1 Å². The molecule has 5 heteroatoms. The molecule has 0 aliphatic heterocycles. The lowest BCUT2D eigenvalue weighted by Gasteiger charge is -2.07. The van der Waals surface area contributed by atoms with Crippen molar-refractivity contribution >= 4 is 40.0 Å². The first-order chi connectivity index (χ1) is 9.49. The number of rotatable bonds is 6. The maximum atomic E-state index is 10.9. The van der Waals surface area contributed by atoms with Crippen LogP contribution in [0, 0.1) is 6.92 Å². The Balaban J connectivity index is 2.08.